The molecule has 5 nitrogen and oxygen atoms in total. The highest BCUT2D eigenvalue weighted by atomic mass is 35.5. The molecule has 2 aromatic rings. The zero-order chi connectivity index (χ0) is 20.1. The van der Waals surface area contributed by atoms with Gasteiger partial charge in [0.05, 0.1) is 12.1 Å². The van der Waals surface area contributed by atoms with Gasteiger partial charge in [-0.05, 0) is 48.4 Å². The first-order valence-corrected chi connectivity index (χ1v) is 10.7. The molecule has 0 bridgehead atoms. The highest BCUT2D eigenvalue weighted by molar-refractivity contribution is 5.85. The molecule has 4 unspecified atom stereocenters. The molecule has 30 heavy (non-hydrogen) atoms. The lowest BCUT2D eigenvalue weighted by atomic mass is 9.85. The van der Waals surface area contributed by atoms with Gasteiger partial charge in [0.15, 0.2) is 0 Å². The summed E-state index contributed by atoms with van der Waals surface area (Å²) >= 11 is 0. The maximum atomic E-state index is 12.5. The van der Waals surface area contributed by atoms with Crippen LogP contribution in [0, 0.1) is 5.92 Å². The highest BCUT2D eigenvalue weighted by Gasteiger charge is 2.38. The molecule has 3 N–H and O–H groups in total. The van der Waals surface area contributed by atoms with Gasteiger partial charge in [-0.25, -0.2) is 0 Å². The number of carbonyl (C=O) groups is 1. The topological polar surface area (TPSA) is 70.6 Å². The summed E-state index contributed by atoms with van der Waals surface area (Å²) in [4.78, 5) is 12.5. The summed E-state index contributed by atoms with van der Waals surface area (Å²) in [5.74, 6) is 1.33. The Bertz CT molecular complexity index is 803. The third-order valence-electron chi connectivity index (χ3n) is 6.14. The minimum Gasteiger partial charge on any atom is -0.489 e. The molecule has 162 valence electrons. The summed E-state index contributed by atoms with van der Waals surface area (Å²) in [5, 5.41) is 16.9. The molecule has 1 aliphatic carbocycles. The molecule has 1 amide bonds. The standard InChI is InChI=1S/C24H30N2O3.ClH/c27-23(15-25-24(28)22-14-18-9-4-5-12-21(18)26-22)19-10-6-11-20(13-19)29-16-17-7-2-1-3-8-17;/h1-3,6-8,10-11,13,18,21-23,26-27H,4-5,9,12,14-16H2,(H,25,28);1H. The van der Waals surface area contributed by atoms with Crippen molar-refractivity contribution in [2.75, 3.05) is 6.54 Å². The molecule has 2 fully saturated rings. The average molecular weight is 431 g/mol. The number of hydrogen-bond acceptors (Lipinski definition) is 4. The van der Waals surface area contributed by atoms with Gasteiger partial charge in [-0.15, -0.1) is 12.4 Å². The van der Waals surface area contributed by atoms with E-state index in [1.807, 2.05) is 54.6 Å². The molecule has 1 aliphatic heterocycles. The molecule has 6 heteroatoms. The zero-order valence-electron chi connectivity index (χ0n) is 17.1. The van der Waals surface area contributed by atoms with Gasteiger partial charge >= 0.3 is 0 Å². The van der Waals surface area contributed by atoms with Gasteiger partial charge in [-0.2, -0.15) is 0 Å². The molecule has 1 heterocycles. The van der Waals surface area contributed by atoms with Crippen molar-refractivity contribution in [1.29, 1.82) is 0 Å². The van der Waals surface area contributed by atoms with Gasteiger partial charge in [-0.1, -0.05) is 55.3 Å². The number of ether oxygens (including phenoxy) is 1. The van der Waals surface area contributed by atoms with Gasteiger partial charge < -0.3 is 20.5 Å². The number of benzene rings is 2. The van der Waals surface area contributed by atoms with Gasteiger partial charge in [-0.3, -0.25) is 4.79 Å². The van der Waals surface area contributed by atoms with Crippen LogP contribution in [0.4, 0.5) is 0 Å². The first-order chi connectivity index (χ1) is 14.2. The number of rotatable bonds is 7. The van der Waals surface area contributed by atoms with Crippen LogP contribution in [0.25, 0.3) is 0 Å². The smallest absolute Gasteiger partial charge is 0.237 e. The third-order valence-corrected chi connectivity index (χ3v) is 6.14. The second-order valence-electron chi connectivity index (χ2n) is 8.21. The van der Waals surface area contributed by atoms with E-state index in [0.29, 0.717) is 24.3 Å². The highest BCUT2D eigenvalue weighted by Crippen LogP contribution is 2.33. The maximum Gasteiger partial charge on any atom is 0.237 e. The predicted molar refractivity (Wildman–Crippen MR) is 120 cm³/mol. The van der Waals surface area contributed by atoms with Crippen LogP contribution in [0.3, 0.4) is 0 Å². The molecule has 4 rings (SSSR count). The average Bonchev–Trinajstić information content (AvgIpc) is 3.21. The molecular formula is C24H31ClN2O3. The zero-order valence-corrected chi connectivity index (χ0v) is 17.9. The number of carbonyl (C=O) groups excluding carboxylic acids is 1. The van der Waals surface area contributed by atoms with Crippen molar-refractivity contribution in [3.63, 3.8) is 0 Å². The number of nitrogens with one attached hydrogen (secondary N) is 2. The maximum absolute atomic E-state index is 12.5. The van der Waals surface area contributed by atoms with Crippen molar-refractivity contribution in [2.24, 2.45) is 5.92 Å². The second-order valence-corrected chi connectivity index (χ2v) is 8.21. The minimum atomic E-state index is -0.761. The Labute approximate surface area is 184 Å². The third kappa shape index (κ3) is 5.75. The van der Waals surface area contributed by atoms with Crippen molar-refractivity contribution in [2.45, 2.75) is 56.9 Å². The van der Waals surface area contributed by atoms with Gasteiger partial charge in [0.2, 0.25) is 5.91 Å². The van der Waals surface area contributed by atoms with Crippen LogP contribution in [-0.2, 0) is 11.4 Å². The lowest BCUT2D eigenvalue weighted by molar-refractivity contribution is -0.123. The van der Waals surface area contributed by atoms with E-state index in [0.717, 1.165) is 17.5 Å². The summed E-state index contributed by atoms with van der Waals surface area (Å²) in [7, 11) is 0. The molecule has 0 aromatic heterocycles. The Morgan fingerprint density at radius 3 is 2.73 bits per heavy atom. The van der Waals surface area contributed by atoms with Crippen LogP contribution in [0.2, 0.25) is 0 Å². The first-order valence-electron chi connectivity index (χ1n) is 10.7. The number of aliphatic hydroxyl groups excluding tert-OH is 1. The molecule has 4 atom stereocenters. The Balaban J connectivity index is 0.00000256. The van der Waals surface area contributed by atoms with Crippen molar-refractivity contribution in [3.8, 4) is 5.75 Å². The lowest BCUT2D eigenvalue weighted by Gasteiger charge is -2.24. The van der Waals surface area contributed by atoms with E-state index in [-0.39, 0.29) is 30.9 Å². The van der Waals surface area contributed by atoms with Crippen LogP contribution in [-0.4, -0.2) is 29.6 Å². The normalized spacial score (nSPS) is 23.7. The second kappa shape index (κ2) is 10.8. The summed E-state index contributed by atoms with van der Waals surface area (Å²) in [6, 6.07) is 17.8. The Morgan fingerprint density at radius 1 is 1.13 bits per heavy atom. The molecule has 1 saturated heterocycles. The van der Waals surface area contributed by atoms with E-state index in [1.165, 1.54) is 25.7 Å². The van der Waals surface area contributed by atoms with E-state index in [1.54, 1.807) is 0 Å². The quantitative estimate of drug-likeness (QED) is 0.625. The van der Waals surface area contributed by atoms with Gasteiger partial charge in [0.1, 0.15) is 12.4 Å². The number of fused-ring (bicyclic) bond motifs is 1. The fourth-order valence-electron chi connectivity index (χ4n) is 4.51. The molecule has 2 aliphatic rings. The van der Waals surface area contributed by atoms with E-state index < -0.39 is 6.10 Å². The number of hydrogen-bond donors (Lipinski definition) is 3. The molecule has 2 aromatic carbocycles. The predicted octanol–water partition coefficient (Wildman–Crippen LogP) is 3.76. The molecule has 0 spiro atoms. The van der Waals surface area contributed by atoms with E-state index in [4.69, 9.17) is 4.74 Å². The monoisotopic (exact) mass is 430 g/mol. The van der Waals surface area contributed by atoms with Crippen LogP contribution in [0.5, 0.6) is 5.75 Å². The molecule has 1 saturated carbocycles. The number of aliphatic hydroxyl groups is 1. The van der Waals surface area contributed by atoms with Crippen LogP contribution in [0.15, 0.2) is 54.6 Å². The van der Waals surface area contributed by atoms with Gasteiger partial charge in [0.25, 0.3) is 0 Å². The van der Waals surface area contributed by atoms with Crippen molar-refractivity contribution in [1.82, 2.24) is 10.6 Å². The van der Waals surface area contributed by atoms with E-state index in [2.05, 4.69) is 10.6 Å². The fraction of sp³-hybridized carbons (Fsp3) is 0.458. The number of amides is 1. The summed E-state index contributed by atoms with van der Waals surface area (Å²) in [6.45, 7) is 0.682. The Hall–Kier alpha value is -2.08. The van der Waals surface area contributed by atoms with Gasteiger partial charge in [0, 0.05) is 12.6 Å². The van der Waals surface area contributed by atoms with Crippen molar-refractivity contribution < 1.29 is 14.6 Å². The first kappa shape index (κ1) is 22.6. The minimum absolute atomic E-state index is 0. The summed E-state index contributed by atoms with van der Waals surface area (Å²) < 4.78 is 5.84. The largest absolute Gasteiger partial charge is 0.489 e. The molecular weight excluding hydrogens is 400 g/mol. The Kier molecular flexibility index (Phi) is 8.14. The van der Waals surface area contributed by atoms with E-state index in [9.17, 15) is 9.90 Å². The fourth-order valence-corrected chi connectivity index (χ4v) is 4.51. The van der Waals surface area contributed by atoms with Crippen molar-refractivity contribution in [3.05, 3.63) is 65.7 Å². The van der Waals surface area contributed by atoms with Crippen LogP contribution >= 0.6 is 12.4 Å². The van der Waals surface area contributed by atoms with Crippen LogP contribution < -0.4 is 15.4 Å². The van der Waals surface area contributed by atoms with E-state index >= 15 is 0 Å². The van der Waals surface area contributed by atoms with Crippen LogP contribution in [0.1, 0.15) is 49.3 Å². The summed E-state index contributed by atoms with van der Waals surface area (Å²) in [6.07, 6.45) is 5.08. The Morgan fingerprint density at radius 2 is 1.93 bits per heavy atom. The molecule has 0 radical (unpaired) electrons. The number of halogens is 1. The lowest BCUT2D eigenvalue weighted by Crippen LogP contribution is -2.44. The van der Waals surface area contributed by atoms with Crippen molar-refractivity contribution >= 4 is 18.3 Å². The SMILES string of the molecule is Cl.O=C(NCC(O)c1cccc(OCc2ccccc2)c1)C1CC2CCCCC2N1. The summed E-state index contributed by atoms with van der Waals surface area (Å²) in [5.41, 5.74) is 1.83.